The lowest BCUT2D eigenvalue weighted by atomic mass is 10.2. The van der Waals surface area contributed by atoms with Crippen LogP contribution in [0.15, 0.2) is 29.4 Å². The highest BCUT2D eigenvalue weighted by molar-refractivity contribution is 5.79. The van der Waals surface area contributed by atoms with E-state index in [2.05, 4.69) is 25.8 Å². The van der Waals surface area contributed by atoms with Crippen LogP contribution in [0.3, 0.4) is 0 Å². The van der Waals surface area contributed by atoms with E-state index in [-0.39, 0.29) is 12.1 Å². The summed E-state index contributed by atoms with van der Waals surface area (Å²) in [7, 11) is 1.71. The van der Waals surface area contributed by atoms with Gasteiger partial charge in [-0.2, -0.15) is 0 Å². The predicted molar refractivity (Wildman–Crippen MR) is 107 cm³/mol. The average molecular weight is 387 g/mol. The molecule has 1 aliphatic rings. The first-order chi connectivity index (χ1) is 13.4. The van der Waals surface area contributed by atoms with Crippen LogP contribution in [-0.4, -0.2) is 63.3 Å². The molecule has 9 nitrogen and oxygen atoms in total. The SMILES string of the molecule is CN=C(NCCN(C(=O)OC(C)(C)C)C1CC1)NCc1nnc2ccccn12. The number of guanidine groups is 1. The Hall–Kier alpha value is -2.84. The van der Waals surface area contributed by atoms with Crippen molar-refractivity contribution in [3.63, 3.8) is 0 Å². The van der Waals surface area contributed by atoms with E-state index in [9.17, 15) is 4.79 Å². The zero-order valence-electron chi connectivity index (χ0n) is 17.0. The molecule has 2 aromatic heterocycles. The van der Waals surface area contributed by atoms with E-state index >= 15 is 0 Å². The van der Waals surface area contributed by atoms with Crippen LogP contribution in [-0.2, 0) is 11.3 Å². The van der Waals surface area contributed by atoms with Gasteiger partial charge in [0.25, 0.3) is 0 Å². The van der Waals surface area contributed by atoms with Crippen LogP contribution < -0.4 is 10.6 Å². The van der Waals surface area contributed by atoms with Crippen LogP contribution in [0.4, 0.5) is 4.79 Å². The van der Waals surface area contributed by atoms with Gasteiger partial charge in [-0.05, 0) is 45.7 Å². The van der Waals surface area contributed by atoms with Gasteiger partial charge in [0.1, 0.15) is 5.60 Å². The standard InChI is InChI=1S/C19H29N7O2/c1-19(2,3)28-18(27)25(14-8-9-14)12-10-21-17(20-4)22-13-16-24-23-15-7-5-6-11-26(15)16/h5-7,11,14H,8-10,12-13H2,1-4H3,(H2,20,21,22). The van der Waals surface area contributed by atoms with Gasteiger partial charge in [0.15, 0.2) is 17.4 Å². The zero-order valence-corrected chi connectivity index (χ0v) is 17.0. The number of fused-ring (bicyclic) bond motifs is 1. The Morgan fingerprint density at radius 3 is 2.79 bits per heavy atom. The molecule has 0 saturated heterocycles. The van der Waals surface area contributed by atoms with Crippen LogP contribution in [0.25, 0.3) is 5.65 Å². The lowest BCUT2D eigenvalue weighted by molar-refractivity contribution is 0.0238. The quantitative estimate of drug-likeness (QED) is 0.580. The largest absolute Gasteiger partial charge is 0.444 e. The minimum atomic E-state index is -0.490. The van der Waals surface area contributed by atoms with Crippen molar-refractivity contribution < 1.29 is 9.53 Å². The van der Waals surface area contributed by atoms with Crippen LogP contribution in [0.1, 0.15) is 39.4 Å². The summed E-state index contributed by atoms with van der Waals surface area (Å²) in [6, 6.07) is 6.06. The predicted octanol–water partition coefficient (Wildman–Crippen LogP) is 1.79. The van der Waals surface area contributed by atoms with Gasteiger partial charge in [-0.15, -0.1) is 10.2 Å². The van der Waals surface area contributed by atoms with Gasteiger partial charge in [-0.1, -0.05) is 6.07 Å². The first-order valence-corrected chi connectivity index (χ1v) is 9.60. The first kappa shape index (κ1) is 19.9. The topological polar surface area (TPSA) is 96.2 Å². The molecule has 0 bridgehead atoms. The third-order valence-electron chi connectivity index (χ3n) is 4.28. The van der Waals surface area contributed by atoms with Gasteiger partial charge in [0.2, 0.25) is 0 Å². The number of nitrogens with zero attached hydrogens (tertiary/aromatic N) is 5. The molecule has 28 heavy (non-hydrogen) atoms. The summed E-state index contributed by atoms with van der Waals surface area (Å²) in [6.07, 6.45) is 3.74. The molecule has 0 radical (unpaired) electrons. The highest BCUT2D eigenvalue weighted by atomic mass is 16.6. The Labute approximate surface area is 165 Å². The third kappa shape index (κ3) is 5.34. The van der Waals surface area contributed by atoms with Gasteiger partial charge >= 0.3 is 6.09 Å². The molecule has 152 valence electrons. The summed E-state index contributed by atoms with van der Waals surface area (Å²) < 4.78 is 7.45. The van der Waals surface area contributed by atoms with Crippen molar-refractivity contribution in [1.29, 1.82) is 0 Å². The van der Waals surface area contributed by atoms with Gasteiger partial charge in [0, 0.05) is 32.4 Å². The number of carbonyl (C=O) groups is 1. The van der Waals surface area contributed by atoms with E-state index in [4.69, 9.17) is 4.74 Å². The molecule has 2 aromatic rings. The maximum atomic E-state index is 12.4. The Balaban J connectivity index is 1.49. The van der Waals surface area contributed by atoms with Crippen LogP contribution in [0.5, 0.6) is 0 Å². The van der Waals surface area contributed by atoms with Gasteiger partial charge < -0.3 is 20.3 Å². The molecule has 0 aromatic carbocycles. The summed E-state index contributed by atoms with van der Waals surface area (Å²) in [4.78, 5) is 18.4. The van der Waals surface area contributed by atoms with Gasteiger partial charge in [-0.3, -0.25) is 9.39 Å². The molecular formula is C19H29N7O2. The lowest BCUT2D eigenvalue weighted by Crippen LogP contribution is -2.45. The van der Waals surface area contributed by atoms with E-state index in [1.54, 1.807) is 11.9 Å². The van der Waals surface area contributed by atoms with Crippen molar-refractivity contribution in [3.05, 3.63) is 30.2 Å². The van der Waals surface area contributed by atoms with Crippen molar-refractivity contribution in [2.75, 3.05) is 20.1 Å². The van der Waals surface area contributed by atoms with Crippen molar-refractivity contribution >= 4 is 17.7 Å². The highest BCUT2D eigenvalue weighted by Gasteiger charge is 2.34. The maximum absolute atomic E-state index is 12.4. The maximum Gasteiger partial charge on any atom is 0.410 e. The van der Waals surface area contributed by atoms with Crippen molar-refractivity contribution in [2.45, 2.75) is 51.8 Å². The molecular weight excluding hydrogens is 358 g/mol. The van der Waals surface area contributed by atoms with Gasteiger partial charge in [0.05, 0.1) is 6.54 Å². The molecule has 0 spiro atoms. The molecule has 9 heteroatoms. The second-order valence-corrected chi connectivity index (χ2v) is 7.80. The summed E-state index contributed by atoms with van der Waals surface area (Å²) in [6.45, 7) is 7.28. The van der Waals surface area contributed by atoms with Crippen LogP contribution >= 0.6 is 0 Å². The lowest BCUT2D eigenvalue weighted by Gasteiger charge is -2.27. The number of aliphatic imine (C=N–C) groups is 1. The van der Waals surface area contributed by atoms with E-state index < -0.39 is 5.60 Å². The number of amides is 1. The summed E-state index contributed by atoms with van der Waals surface area (Å²) in [5, 5.41) is 14.8. The molecule has 0 aliphatic heterocycles. The summed E-state index contributed by atoms with van der Waals surface area (Å²) in [5.74, 6) is 1.44. The zero-order chi connectivity index (χ0) is 20.1. The third-order valence-corrected chi connectivity index (χ3v) is 4.28. The summed E-state index contributed by atoms with van der Waals surface area (Å²) in [5.41, 5.74) is 0.315. The normalized spacial score (nSPS) is 14.8. The highest BCUT2D eigenvalue weighted by Crippen LogP contribution is 2.28. The number of pyridine rings is 1. The fraction of sp³-hybridized carbons (Fsp3) is 0.579. The number of nitrogens with one attached hydrogen (secondary N) is 2. The Morgan fingerprint density at radius 2 is 2.11 bits per heavy atom. The van der Waals surface area contributed by atoms with E-state index in [1.807, 2.05) is 49.6 Å². The van der Waals surface area contributed by atoms with E-state index in [0.29, 0.717) is 25.6 Å². The molecule has 1 saturated carbocycles. The smallest absolute Gasteiger partial charge is 0.410 e. The molecule has 0 atom stereocenters. The number of hydrogen-bond donors (Lipinski definition) is 2. The fourth-order valence-corrected chi connectivity index (χ4v) is 2.82. The number of carbonyl (C=O) groups excluding carboxylic acids is 1. The second kappa shape index (κ2) is 8.45. The Kier molecular flexibility index (Phi) is 6.01. The van der Waals surface area contributed by atoms with E-state index in [1.165, 1.54) is 0 Å². The monoisotopic (exact) mass is 387 g/mol. The molecule has 1 amide bonds. The van der Waals surface area contributed by atoms with Gasteiger partial charge in [-0.25, -0.2) is 4.79 Å². The van der Waals surface area contributed by atoms with Crippen molar-refractivity contribution in [3.8, 4) is 0 Å². The molecule has 1 fully saturated rings. The number of hydrogen-bond acceptors (Lipinski definition) is 5. The molecule has 2 heterocycles. The summed E-state index contributed by atoms with van der Waals surface area (Å²) >= 11 is 0. The van der Waals surface area contributed by atoms with Crippen molar-refractivity contribution in [1.82, 2.24) is 30.1 Å². The van der Waals surface area contributed by atoms with Crippen LogP contribution in [0, 0.1) is 0 Å². The van der Waals surface area contributed by atoms with Crippen LogP contribution in [0.2, 0.25) is 0 Å². The Morgan fingerprint density at radius 1 is 1.32 bits per heavy atom. The average Bonchev–Trinajstić information content (AvgIpc) is 3.39. The number of rotatable bonds is 6. The number of ether oxygens (including phenoxy) is 1. The number of aromatic nitrogens is 3. The molecule has 0 unspecified atom stereocenters. The fourth-order valence-electron chi connectivity index (χ4n) is 2.82. The molecule has 1 aliphatic carbocycles. The second-order valence-electron chi connectivity index (χ2n) is 7.80. The molecule has 2 N–H and O–H groups in total. The Bertz CT molecular complexity index is 836. The molecule has 3 rings (SSSR count). The van der Waals surface area contributed by atoms with E-state index in [0.717, 1.165) is 24.3 Å². The minimum Gasteiger partial charge on any atom is -0.444 e. The van der Waals surface area contributed by atoms with Crippen molar-refractivity contribution in [2.24, 2.45) is 4.99 Å². The first-order valence-electron chi connectivity index (χ1n) is 9.60. The minimum absolute atomic E-state index is 0.255.